The van der Waals surface area contributed by atoms with Crippen LogP contribution >= 0.6 is 22.6 Å². The summed E-state index contributed by atoms with van der Waals surface area (Å²) in [4.78, 5) is 0. The molecule has 0 bridgehead atoms. The van der Waals surface area contributed by atoms with Crippen LogP contribution in [-0.4, -0.2) is 11.7 Å². The Hall–Kier alpha value is -0.450. The lowest BCUT2D eigenvalue weighted by Crippen LogP contribution is -1.85. The second kappa shape index (κ2) is 2.55. The van der Waals surface area contributed by atoms with Gasteiger partial charge in [0.1, 0.15) is 11.5 Å². The zero-order chi connectivity index (χ0) is 7.84. The third-order valence-corrected chi connectivity index (χ3v) is 2.67. The monoisotopic (exact) mass is 262 g/mol. The number of halogens is 1. The number of rotatable bonds is 0. The van der Waals surface area contributed by atoms with Gasteiger partial charge in [-0.25, -0.2) is 0 Å². The van der Waals surface area contributed by atoms with Gasteiger partial charge in [0.25, 0.3) is 0 Å². The number of fused-ring (bicyclic) bond motifs is 1. The normalized spacial score (nSPS) is 14.3. The van der Waals surface area contributed by atoms with E-state index >= 15 is 0 Å². The maximum Gasteiger partial charge on any atom is 0.135 e. The fourth-order valence-electron chi connectivity index (χ4n) is 1.23. The Labute approximate surface area is 78.3 Å². The van der Waals surface area contributed by atoms with Gasteiger partial charge in [-0.2, -0.15) is 0 Å². The zero-order valence-electron chi connectivity index (χ0n) is 5.80. The Morgan fingerprint density at radius 1 is 1.45 bits per heavy atom. The highest BCUT2D eigenvalue weighted by Crippen LogP contribution is 2.35. The van der Waals surface area contributed by atoms with Crippen molar-refractivity contribution >= 4 is 22.6 Å². The van der Waals surface area contributed by atoms with Gasteiger partial charge in [0.05, 0.1) is 10.2 Å². The largest absolute Gasteiger partial charge is 0.506 e. The van der Waals surface area contributed by atoms with Crippen molar-refractivity contribution in [2.24, 2.45) is 0 Å². The topological polar surface area (TPSA) is 29.5 Å². The molecule has 3 heteroatoms. The molecule has 0 aromatic heterocycles. The van der Waals surface area contributed by atoms with Crippen LogP contribution in [0, 0.1) is 3.57 Å². The number of aromatic hydroxyl groups is 1. The maximum absolute atomic E-state index is 9.53. The van der Waals surface area contributed by atoms with E-state index in [1.54, 1.807) is 0 Å². The molecule has 2 rings (SSSR count). The molecule has 0 radical (unpaired) electrons. The average Bonchev–Trinajstić information content (AvgIpc) is 2.45. The molecule has 1 aliphatic heterocycles. The maximum atomic E-state index is 9.53. The molecule has 58 valence electrons. The highest BCUT2D eigenvalue weighted by atomic mass is 127. The van der Waals surface area contributed by atoms with Gasteiger partial charge in [-0.3, -0.25) is 0 Å². The molecule has 1 aliphatic rings. The zero-order valence-corrected chi connectivity index (χ0v) is 7.96. The first-order valence-electron chi connectivity index (χ1n) is 3.42. The minimum atomic E-state index is 0.389. The van der Waals surface area contributed by atoms with Crippen molar-refractivity contribution in [1.29, 1.82) is 0 Å². The Balaban J connectivity index is 2.62. The Bertz CT molecular complexity index is 296. The van der Waals surface area contributed by atoms with Gasteiger partial charge < -0.3 is 9.84 Å². The quantitative estimate of drug-likeness (QED) is 0.724. The lowest BCUT2D eigenvalue weighted by atomic mass is 10.1. The molecular formula is C8H7IO2. The molecule has 1 aromatic carbocycles. The van der Waals surface area contributed by atoms with Crippen molar-refractivity contribution < 1.29 is 9.84 Å². The van der Waals surface area contributed by atoms with Crippen molar-refractivity contribution in [2.75, 3.05) is 6.61 Å². The first-order valence-corrected chi connectivity index (χ1v) is 4.50. The van der Waals surface area contributed by atoms with Gasteiger partial charge in [0.15, 0.2) is 0 Å². The van der Waals surface area contributed by atoms with E-state index in [1.807, 2.05) is 12.1 Å². The Morgan fingerprint density at radius 3 is 3.09 bits per heavy atom. The van der Waals surface area contributed by atoms with Gasteiger partial charge in [-0.05, 0) is 34.7 Å². The summed E-state index contributed by atoms with van der Waals surface area (Å²) in [6.45, 7) is 0.697. The van der Waals surface area contributed by atoms with Crippen LogP contribution in [0.15, 0.2) is 12.1 Å². The van der Waals surface area contributed by atoms with Crippen molar-refractivity contribution in [3.8, 4) is 11.5 Å². The van der Waals surface area contributed by atoms with Crippen LogP contribution in [0.3, 0.4) is 0 Å². The molecular weight excluding hydrogens is 255 g/mol. The SMILES string of the molecule is Oc1c(I)ccc2c1CCO2. The van der Waals surface area contributed by atoms with Gasteiger partial charge in [-0.15, -0.1) is 0 Å². The molecule has 0 saturated heterocycles. The lowest BCUT2D eigenvalue weighted by molar-refractivity contribution is 0.357. The van der Waals surface area contributed by atoms with E-state index < -0.39 is 0 Å². The third-order valence-electron chi connectivity index (χ3n) is 1.80. The molecule has 0 aliphatic carbocycles. The standard InChI is InChI=1S/C8H7IO2/c9-6-1-2-7-5(8(6)10)3-4-11-7/h1-2,10H,3-4H2. The highest BCUT2D eigenvalue weighted by molar-refractivity contribution is 14.1. The van der Waals surface area contributed by atoms with Crippen molar-refractivity contribution in [3.05, 3.63) is 21.3 Å². The lowest BCUT2D eigenvalue weighted by Gasteiger charge is -2.01. The number of hydrogen-bond acceptors (Lipinski definition) is 2. The van der Waals surface area contributed by atoms with E-state index in [0.29, 0.717) is 12.4 Å². The summed E-state index contributed by atoms with van der Waals surface area (Å²) in [6.07, 6.45) is 0.831. The fourth-order valence-corrected chi connectivity index (χ4v) is 1.73. The predicted octanol–water partition coefficient (Wildman–Crippen LogP) is 1.93. The van der Waals surface area contributed by atoms with E-state index in [-0.39, 0.29) is 0 Å². The van der Waals surface area contributed by atoms with Crippen LogP contribution in [0.5, 0.6) is 11.5 Å². The molecule has 0 amide bonds. The third kappa shape index (κ3) is 1.07. The second-order valence-corrected chi connectivity index (χ2v) is 3.63. The highest BCUT2D eigenvalue weighted by Gasteiger charge is 2.17. The molecule has 0 unspecified atom stereocenters. The van der Waals surface area contributed by atoms with Crippen molar-refractivity contribution in [3.63, 3.8) is 0 Å². The molecule has 1 heterocycles. The minimum Gasteiger partial charge on any atom is -0.506 e. The van der Waals surface area contributed by atoms with Crippen molar-refractivity contribution in [1.82, 2.24) is 0 Å². The average molecular weight is 262 g/mol. The van der Waals surface area contributed by atoms with Crippen LogP contribution in [0.25, 0.3) is 0 Å². The summed E-state index contributed by atoms with van der Waals surface area (Å²) in [5.74, 6) is 1.23. The van der Waals surface area contributed by atoms with Gasteiger partial charge in [0.2, 0.25) is 0 Å². The predicted molar refractivity (Wildman–Crippen MR) is 50.0 cm³/mol. The van der Waals surface area contributed by atoms with Gasteiger partial charge in [-0.1, -0.05) is 0 Å². The summed E-state index contributed by atoms with van der Waals surface area (Å²) in [5, 5.41) is 9.53. The number of hydrogen-bond donors (Lipinski definition) is 1. The number of ether oxygens (including phenoxy) is 1. The summed E-state index contributed by atoms with van der Waals surface area (Å²) >= 11 is 2.11. The van der Waals surface area contributed by atoms with Crippen LogP contribution in [0.1, 0.15) is 5.56 Å². The first kappa shape index (κ1) is 7.21. The van der Waals surface area contributed by atoms with Crippen LogP contribution in [0.2, 0.25) is 0 Å². The van der Waals surface area contributed by atoms with E-state index in [2.05, 4.69) is 22.6 Å². The molecule has 1 N–H and O–H groups in total. The van der Waals surface area contributed by atoms with Crippen LogP contribution in [-0.2, 0) is 6.42 Å². The summed E-state index contributed by atoms with van der Waals surface area (Å²) in [5.41, 5.74) is 0.955. The fraction of sp³-hybridized carbons (Fsp3) is 0.250. The first-order chi connectivity index (χ1) is 5.29. The Morgan fingerprint density at radius 2 is 2.27 bits per heavy atom. The molecule has 0 saturated carbocycles. The number of benzene rings is 1. The minimum absolute atomic E-state index is 0.389. The molecule has 2 nitrogen and oxygen atoms in total. The van der Waals surface area contributed by atoms with Crippen LogP contribution in [0.4, 0.5) is 0 Å². The molecule has 11 heavy (non-hydrogen) atoms. The van der Waals surface area contributed by atoms with E-state index in [0.717, 1.165) is 21.3 Å². The number of phenols is 1. The molecule has 0 atom stereocenters. The summed E-state index contributed by atoms with van der Waals surface area (Å²) < 4.78 is 6.17. The van der Waals surface area contributed by atoms with E-state index in [1.165, 1.54) is 0 Å². The number of phenolic OH excluding ortho intramolecular Hbond substituents is 1. The van der Waals surface area contributed by atoms with Crippen molar-refractivity contribution in [2.45, 2.75) is 6.42 Å². The summed E-state index contributed by atoms with van der Waals surface area (Å²) in [6, 6.07) is 3.77. The molecule has 0 spiro atoms. The molecule has 1 aromatic rings. The second-order valence-electron chi connectivity index (χ2n) is 2.47. The van der Waals surface area contributed by atoms with E-state index in [4.69, 9.17) is 4.74 Å². The summed E-state index contributed by atoms with van der Waals surface area (Å²) in [7, 11) is 0. The smallest absolute Gasteiger partial charge is 0.135 e. The molecule has 0 fully saturated rings. The van der Waals surface area contributed by atoms with E-state index in [9.17, 15) is 5.11 Å². The van der Waals surface area contributed by atoms with Gasteiger partial charge in [0, 0.05) is 12.0 Å². The van der Waals surface area contributed by atoms with Crippen LogP contribution < -0.4 is 4.74 Å². The Kier molecular flexibility index (Phi) is 1.67. The van der Waals surface area contributed by atoms with Gasteiger partial charge >= 0.3 is 0 Å².